The Labute approximate surface area is 356 Å². The minimum absolute atomic E-state index is 0.857. The Morgan fingerprint density at radius 2 is 0.333 bits per heavy atom. The molecule has 1 heterocycles. The van der Waals surface area contributed by atoms with Crippen LogP contribution >= 0.6 is 0 Å². The van der Waals surface area contributed by atoms with Crippen LogP contribution in [0.2, 0.25) is 0 Å². The molecule has 12 heteroatoms. The Balaban J connectivity index is 4.66. The SMILES string of the molecule is CC[N+](CC)(CC)CN(C[N+](CC)(CC)CC)c1nc(N(C[N+](CC)(CC)CC)C[N+](CC)(CC)CC)nc(N(C[N+](CC)(CC)CC)C[N+](CC)(CC)CC)n1. The van der Waals surface area contributed by atoms with Gasteiger partial charge in [0.25, 0.3) is 0 Å². The Bertz CT molecular complexity index is 941. The van der Waals surface area contributed by atoms with Gasteiger partial charge in [-0.2, -0.15) is 15.0 Å². The van der Waals surface area contributed by atoms with Gasteiger partial charge in [-0.1, -0.05) is 0 Å². The number of rotatable bonds is 33. The van der Waals surface area contributed by atoms with Crippen LogP contribution in [0.3, 0.4) is 0 Å². The summed E-state index contributed by atoms with van der Waals surface area (Å²) in [6.45, 7) is 67.4. The van der Waals surface area contributed by atoms with Crippen molar-refractivity contribution in [2.75, 3.05) is 173 Å². The first kappa shape index (κ1) is 53.2. The van der Waals surface area contributed by atoms with Crippen molar-refractivity contribution >= 4 is 17.8 Å². The fourth-order valence-electron chi connectivity index (χ4n) is 9.28. The lowest BCUT2D eigenvalue weighted by Gasteiger charge is -2.46. The second kappa shape index (κ2) is 24.4. The van der Waals surface area contributed by atoms with E-state index in [9.17, 15) is 0 Å². The van der Waals surface area contributed by atoms with Crippen LogP contribution in [0, 0.1) is 0 Å². The number of hydrogen-bond acceptors (Lipinski definition) is 6. The summed E-state index contributed by atoms with van der Waals surface area (Å²) >= 11 is 0. The zero-order valence-electron chi connectivity index (χ0n) is 41.8. The van der Waals surface area contributed by atoms with Gasteiger partial charge in [-0.05, 0) is 125 Å². The molecule has 0 radical (unpaired) electrons. The molecule has 0 aliphatic rings. The van der Waals surface area contributed by atoms with E-state index < -0.39 is 0 Å². The van der Waals surface area contributed by atoms with E-state index in [0.29, 0.717) is 0 Å². The zero-order valence-corrected chi connectivity index (χ0v) is 41.8. The first-order valence-corrected chi connectivity index (χ1v) is 24.2. The van der Waals surface area contributed by atoms with Crippen molar-refractivity contribution < 1.29 is 26.9 Å². The summed E-state index contributed by atoms with van der Waals surface area (Å²) in [6, 6.07) is 0. The summed E-state index contributed by atoms with van der Waals surface area (Å²) in [5.74, 6) is 2.57. The Morgan fingerprint density at radius 3 is 0.421 bits per heavy atom. The van der Waals surface area contributed by atoms with Crippen molar-refractivity contribution in [2.45, 2.75) is 125 Å². The van der Waals surface area contributed by atoms with Crippen molar-refractivity contribution in [1.29, 1.82) is 0 Å². The average Bonchev–Trinajstić information content (AvgIpc) is 3.28. The summed E-state index contributed by atoms with van der Waals surface area (Å²) in [5, 5.41) is 0. The molecule has 12 nitrogen and oxygen atoms in total. The van der Waals surface area contributed by atoms with Crippen LogP contribution in [0.15, 0.2) is 0 Å². The molecule has 1 aromatic heterocycles. The van der Waals surface area contributed by atoms with E-state index in [1.165, 1.54) is 0 Å². The van der Waals surface area contributed by atoms with E-state index in [4.69, 9.17) is 15.0 Å². The van der Waals surface area contributed by atoms with Crippen LogP contribution in [0.5, 0.6) is 0 Å². The van der Waals surface area contributed by atoms with E-state index >= 15 is 0 Å². The lowest BCUT2D eigenvalue weighted by Crippen LogP contribution is -2.62. The topological polar surface area (TPSA) is 48.4 Å². The van der Waals surface area contributed by atoms with Crippen molar-refractivity contribution in [3.8, 4) is 0 Å². The van der Waals surface area contributed by atoms with Crippen molar-refractivity contribution in [2.24, 2.45) is 0 Å². The normalized spacial score (nSPS) is 13.4. The second-order valence-electron chi connectivity index (χ2n) is 17.4. The van der Waals surface area contributed by atoms with Crippen LogP contribution < -0.4 is 14.7 Å². The molecule has 0 saturated carbocycles. The third-order valence-electron chi connectivity index (χ3n) is 16.3. The van der Waals surface area contributed by atoms with Crippen molar-refractivity contribution in [3.05, 3.63) is 0 Å². The van der Waals surface area contributed by atoms with Gasteiger partial charge in [0.2, 0.25) is 17.8 Å². The molecule has 0 spiro atoms. The monoisotopic (exact) mass is 811 g/mol. The first-order chi connectivity index (χ1) is 27.1. The maximum Gasteiger partial charge on any atom is 0.240 e. The molecule has 0 unspecified atom stereocenters. The van der Waals surface area contributed by atoms with Crippen LogP contribution in [-0.4, -0.2) is 200 Å². The van der Waals surface area contributed by atoms with Gasteiger partial charge in [0.05, 0.1) is 118 Å². The molecule has 57 heavy (non-hydrogen) atoms. The molecule has 0 aliphatic carbocycles. The third-order valence-corrected chi connectivity index (χ3v) is 16.3. The number of nitrogens with zero attached hydrogens (tertiary/aromatic N) is 12. The Kier molecular flexibility index (Phi) is 22.8. The lowest BCUT2D eigenvalue weighted by molar-refractivity contribution is -0.940. The highest BCUT2D eigenvalue weighted by Gasteiger charge is 2.39. The van der Waals surface area contributed by atoms with Gasteiger partial charge in [0.15, 0.2) is 40.0 Å². The van der Waals surface area contributed by atoms with Crippen molar-refractivity contribution in [1.82, 2.24) is 15.0 Å². The van der Waals surface area contributed by atoms with Gasteiger partial charge >= 0.3 is 0 Å². The summed E-state index contributed by atoms with van der Waals surface area (Å²) in [5.41, 5.74) is 0. The summed E-state index contributed by atoms with van der Waals surface area (Å²) in [7, 11) is 0. The van der Waals surface area contributed by atoms with Gasteiger partial charge < -0.3 is 26.9 Å². The quantitative estimate of drug-likeness (QED) is 0.0550. The highest BCUT2D eigenvalue weighted by molar-refractivity contribution is 5.46. The van der Waals surface area contributed by atoms with Crippen LogP contribution in [0.4, 0.5) is 17.8 Å². The van der Waals surface area contributed by atoms with E-state index in [1.54, 1.807) is 0 Å². The standard InChI is InChI=1S/C45H102N12/c1-19-52(20-2,21-3)37-49(38-53(22-4,23-5)24-6)43-46-44(50(39-54(25-7,26-8)27-9)40-55(28-10,29-11)30-12)48-45(47-43)51(41-56(31-13,32-14)33-15)42-57(34-16,35-17)36-18/h19-42H2,1-18H3/q+6. The molecule has 336 valence electrons. The first-order valence-electron chi connectivity index (χ1n) is 24.2. The number of anilines is 3. The van der Waals surface area contributed by atoms with E-state index in [1.807, 2.05) is 0 Å². The maximum absolute atomic E-state index is 5.73. The van der Waals surface area contributed by atoms with Gasteiger partial charge in [-0.25, -0.2) is 14.7 Å². The second-order valence-corrected chi connectivity index (χ2v) is 17.4. The third kappa shape index (κ3) is 13.1. The minimum atomic E-state index is 0.857. The molecule has 0 amide bonds. The fourth-order valence-corrected chi connectivity index (χ4v) is 9.28. The highest BCUT2D eigenvalue weighted by atomic mass is 15.6. The fraction of sp³-hybridized carbons (Fsp3) is 0.933. The molecule has 1 aromatic rings. The zero-order chi connectivity index (χ0) is 43.6. The van der Waals surface area contributed by atoms with Gasteiger partial charge in [0.1, 0.15) is 0 Å². The number of hydrogen-bond donors (Lipinski definition) is 0. The Morgan fingerprint density at radius 1 is 0.228 bits per heavy atom. The largest absolute Gasteiger partial charge is 0.307 e. The Hall–Kier alpha value is -1.83. The van der Waals surface area contributed by atoms with Gasteiger partial charge in [-0.3, -0.25) is 0 Å². The lowest BCUT2D eigenvalue weighted by atomic mass is 10.3. The van der Waals surface area contributed by atoms with Gasteiger partial charge in [0, 0.05) is 0 Å². The van der Waals surface area contributed by atoms with E-state index in [-0.39, 0.29) is 0 Å². The molecular weight excluding hydrogens is 709 g/mol. The molecule has 0 aliphatic heterocycles. The van der Waals surface area contributed by atoms with Crippen LogP contribution in [-0.2, 0) is 0 Å². The average molecular weight is 811 g/mol. The number of quaternary nitrogens is 6. The highest BCUT2D eigenvalue weighted by Crippen LogP contribution is 2.28. The molecular formula is C45H102N12+6. The van der Waals surface area contributed by atoms with Crippen molar-refractivity contribution in [3.63, 3.8) is 0 Å². The smallest absolute Gasteiger partial charge is 0.240 e. The molecule has 0 bridgehead atoms. The predicted molar refractivity (Wildman–Crippen MR) is 248 cm³/mol. The molecule has 0 saturated heterocycles. The molecule has 0 atom stereocenters. The molecule has 0 N–H and O–H groups in total. The summed E-state index contributed by atoms with van der Waals surface area (Å²) < 4.78 is 6.04. The molecule has 1 rings (SSSR count). The van der Waals surface area contributed by atoms with Crippen LogP contribution in [0.1, 0.15) is 125 Å². The summed E-state index contributed by atoms with van der Waals surface area (Å²) in [6.07, 6.45) is 0. The minimum Gasteiger partial charge on any atom is -0.307 e. The molecule has 0 fully saturated rings. The number of aromatic nitrogens is 3. The molecule has 0 aromatic carbocycles. The summed E-state index contributed by atoms with van der Waals surface area (Å²) in [4.78, 5) is 25.0. The van der Waals surface area contributed by atoms with E-state index in [0.717, 1.165) is 203 Å². The van der Waals surface area contributed by atoms with Gasteiger partial charge in [-0.15, -0.1) is 0 Å². The predicted octanol–water partition coefficient (Wildman–Crippen LogP) is 7.29. The maximum atomic E-state index is 5.73. The van der Waals surface area contributed by atoms with Crippen LogP contribution in [0.25, 0.3) is 0 Å². The van der Waals surface area contributed by atoms with E-state index in [2.05, 4.69) is 139 Å².